The summed E-state index contributed by atoms with van der Waals surface area (Å²) in [5.41, 5.74) is 0.541. The largest absolute Gasteiger partial charge is 0.444 e. The molecule has 2 heterocycles. The minimum Gasteiger partial charge on any atom is -0.444 e. The maximum Gasteiger partial charge on any atom is 0.410 e. The average Bonchev–Trinajstić information content (AvgIpc) is 3.19. The highest BCUT2D eigenvalue weighted by Crippen LogP contribution is 2.23. The fourth-order valence-electron chi connectivity index (χ4n) is 3.77. The third-order valence-electron chi connectivity index (χ3n) is 5.45. The van der Waals surface area contributed by atoms with Crippen LogP contribution in [0.2, 0.25) is 0 Å². The molecule has 2 N–H and O–H groups in total. The van der Waals surface area contributed by atoms with Gasteiger partial charge in [0.15, 0.2) is 11.7 Å². The Bertz CT molecular complexity index is 713. The topological polar surface area (TPSA) is 92.0 Å². The lowest BCUT2D eigenvalue weighted by Crippen LogP contribution is -2.47. The quantitative estimate of drug-likeness (QED) is 0.266. The van der Waals surface area contributed by atoms with E-state index in [1.165, 1.54) is 0 Å². The van der Waals surface area contributed by atoms with Gasteiger partial charge in [-0.15, -0.1) is 24.0 Å². The third kappa shape index (κ3) is 9.54. The van der Waals surface area contributed by atoms with E-state index in [0.29, 0.717) is 24.9 Å². The SMILES string of the molecule is CCNC(=NCc1cc(C(CC)CC)no1)NCC1CCCN(C(=O)OC(C)(C)C)C1.I. The van der Waals surface area contributed by atoms with E-state index >= 15 is 0 Å². The lowest BCUT2D eigenvalue weighted by molar-refractivity contribution is 0.0168. The highest BCUT2D eigenvalue weighted by Gasteiger charge is 2.27. The first-order valence-electron chi connectivity index (χ1n) is 11.7. The molecule has 184 valence electrons. The Labute approximate surface area is 210 Å². The van der Waals surface area contributed by atoms with Gasteiger partial charge in [0.2, 0.25) is 0 Å². The second kappa shape index (κ2) is 13.9. The van der Waals surface area contributed by atoms with Gasteiger partial charge < -0.3 is 24.8 Å². The molecule has 0 aromatic carbocycles. The molecule has 1 aromatic heterocycles. The van der Waals surface area contributed by atoms with Crippen molar-refractivity contribution in [3.8, 4) is 0 Å². The molecule has 2 rings (SSSR count). The number of ether oxygens (including phenoxy) is 1. The molecule has 1 amide bonds. The Morgan fingerprint density at radius 3 is 2.66 bits per heavy atom. The highest BCUT2D eigenvalue weighted by atomic mass is 127. The van der Waals surface area contributed by atoms with Gasteiger partial charge in [-0.2, -0.15) is 0 Å². The van der Waals surface area contributed by atoms with Crippen LogP contribution in [-0.4, -0.2) is 53.9 Å². The first-order chi connectivity index (χ1) is 14.8. The molecular weight excluding hydrogens is 521 g/mol. The number of aromatic nitrogens is 1. The Morgan fingerprint density at radius 2 is 2.03 bits per heavy atom. The molecule has 1 aliphatic rings. The van der Waals surface area contributed by atoms with Gasteiger partial charge in [-0.05, 0) is 59.3 Å². The number of nitrogens with one attached hydrogen (secondary N) is 2. The van der Waals surface area contributed by atoms with E-state index in [4.69, 9.17) is 9.26 Å². The number of guanidine groups is 1. The molecule has 32 heavy (non-hydrogen) atoms. The average molecular weight is 564 g/mol. The number of nitrogens with zero attached hydrogens (tertiary/aromatic N) is 3. The van der Waals surface area contributed by atoms with Gasteiger partial charge in [0.05, 0.1) is 5.69 Å². The molecule has 0 spiro atoms. The minimum atomic E-state index is -0.470. The number of rotatable bonds is 8. The summed E-state index contributed by atoms with van der Waals surface area (Å²) < 4.78 is 11.0. The summed E-state index contributed by atoms with van der Waals surface area (Å²) in [7, 11) is 0. The van der Waals surface area contributed by atoms with Crippen LogP contribution in [0.4, 0.5) is 4.79 Å². The van der Waals surface area contributed by atoms with Crippen LogP contribution in [0.3, 0.4) is 0 Å². The van der Waals surface area contributed by atoms with Crippen molar-refractivity contribution >= 4 is 36.0 Å². The van der Waals surface area contributed by atoms with Crippen molar-refractivity contribution < 1.29 is 14.1 Å². The van der Waals surface area contributed by atoms with Crippen molar-refractivity contribution in [3.63, 3.8) is 0 Å². The van der Waals surface area contributed by atoms with Crippen LogP contribution in [-0.2, 0) is 11.3 Å². The van der Waals surface area contributed by atoms with Crippen LogP contribution < -0.4 is 10.6 Å². The molecule has 1 aromatic rings. The molecular formula is C23H42IN5O3. The lowest BCUT2D eigenvalue weighted by Gasteiger charge is -2.34. The van der Waals surface area contributed by atoms with Gasteiger partial charge in [-0.25, -0.2) is 9.79 Å². The van der Waals surface area contributed by atoms with Crippen molar-refractivity contribution in [2.75, 3.05) is 26.2 Å². The van der Waals surface area contributed by atoms with E-state index < -0.39 is 5.60 Å². The van der Waals surface area contributed by atoms with Gasteiger partial charge in [0.25, 0.3) is 0 Å². The van der Waals surface area contributed by atoms with Gasteiger partial charge in [0.1, 0.15) is 12.1 Å². The van der Waals surface area contributed by atoms with Crippen molar-refractivity contribution in [1.29, 1.82) is 0 Å². The van der Waals surface area contributed by atoms with E-state index in [-0.39, 0.29) is 30.1 Å². The first-order valence-corrected chi connectivity index (χ1v) is 11.7. The summed E-state index contributed by atoms with van der Waals surface area (Å²) in [6, 6.07) is 2.02. The molecule has 1 fully saturated rings. The smallest absolute Gasteiger partial charge is 0.410 e. The van der Waals surface area contributed by atoms with E-state index in [2.05, 4.69) is 34.6 Å². The maximum absolute atomic E-state index is 12.4. The van der Waals surface area contributed by atoms with Crippen molar-refractivity contribution in [3.05, 3.63) is 17.5 Å². The normalized spacial score (nSPS) is 17.2. The van der Waals surface area contributed by atoms with Crippen molar-refractivity contribution in [2.45, 2.75) is 85.3 Å². The van der Waals surface area contributed by atoms with Crippen molar-refractivity contribution in [1.82, 2.24) is 20.7 Å². The predicted molar refractivity (Wildman–Crippen MR) is 139 cm³/mol. The zero-order valence-electron chi connectivity index (χ0n) is 20.6. The number of hydrogen-bond donors (Lipinski definition) is 2. The number of amides is 1. The van der Waals surface area contributed by atoms with E-state index in [9.17, 15) is 4.79 Å². The van der Waals surface area contributed by atoms with Crippen LogP contribution in [0.25, 0.3) is 0 Å². The second-order valence-corrected chi connectivity index (χ2v) is 9.24. The molecule has 0 bridgehead atoms. The zero-order chi connectivity index (χ0) is 22.9. The standard InChI is InChI=1S/C23H41N5O3.HI/c1-7-18(8-2)20-13-19(31-27-20)15-26-21(24-9-3)25-14-17-11-10-12-28(16-17)22(29)30-23(4,5)6;/h13,17-18H,7-12,14-16H2,1-6H3,(H2,24,25,26);1H. The molecule has 1 saturated heterocycles. The summed E-state index contributed by atoms with van der Waals surface area (Å²) >= 11 is 0. The number of hydrogen-bond acceptors (Lipinski definition) is 5. The van der Waals surface area contributed by atoms with Crippen molar-refractivity contribution in [2.24, 2.45) is 10.9 Å². The number of carbonyl (C=O) groups excluding carboxylic acids is 1. The molecule has 8 nitrogen and oxygen atoms in total. The molecule has 1 unspecified atom stereocenters. The number of halogens is 1. The summed E-state index contributed by atoms with van der Waals surface area (Å²) in [5.74, 6) is 2.31. The van der Waals surface area contributed by atoms with Gasteiger partial charge in [-0.1, -0.05) is 19.0 Å². The highest BCUT2D eigenvalue weighted by molar-refractivity contribution is 14.0. The molecule has 0 radical (unpaired) electrons. The molecule has 0 saturated carbocycles. The zero-order valence-corrected chi connectivity index (χ0v) is 22.9. The van der Waals surface area contributed by atoms with E-state index in [1.54, 1.807) is 0 Å². The number of aliphatic imine (C=N–C) groups is 1. The van der Waals surface area contributed by atoms with Crippen LogP contribution in [0.15, 0.2) is 15.6 Å². The van der Waals surface area contributed by atoms with Crippen LogP contribution >= 0.6 is 24.0 Å². The third-order valence-corrected chi connectivity index (χ3v) is 5.45. The fourth-order valence-corrected chi connectivity index (χ4v) is 3.77. The summed E-state index contributed by atoms with van der Waals surface area (Å²) in [5, 5.41) is 10.9. The summed E-state index contributed by atoms with van der Waals surface area (Å²) in [4.78, 5) is 18.9. The first kappa shape index (κ1) is 28.5. The predicted octanol–water partition coefficient (Wildman–Crippen LogP) is 4.90. The molecule has 0 aliphatic carbocycles. The summed E-state index contributed by atoms with van der Waals surface area (Å²) in [6.45, 7) is 15.5. The van der Waals surface area contributed by atoms with Gasteiger partial charge in [0, 0.05) is 38.2 Å². The molecule has 9 heteroatoms. The van der Waals surface area contributed by atoms with Gasteiger partial charge >= 0.3 is 6.09 Å². The molecule has 1 aliphatic heterocycles. The van der Waals surface area contributed by atoms with Crippen LogP contribution in [0.1, 0.15) is 84.6 Å². The fraction of sp³-hybridized carbons (Fsp3) is 0.783. The number of likely N-dealkylation sites (tertiary alicyclic amines) is 1. The van der Waals surface area contributed by atoms with Crippen LogP contribution in [0, 0.1) is 5.92 Å². The Morgan fingerprint density at radius 1 is 1.31 bits per heavy atom. The Kier molecular flexibility index (Phi) is 12.4. The number of carbonyl (C=O) groups is 1. The Hall–Kier alpha value is -1.52. The van der Waals surface area contributed by atoms with Gasteiger partial charge in [-0.3, -0.25) is 0 Å². The lowest BCUT2D eigenvalue weighted by atomic mass is 9.98. The van der Waals surface area contributed by atoms with E-state index in [1.807, 2.05) is 38.7 Å². The molecule has 1 atom stereocenters. The van der Waals surface area contributed by atoms with Crippen LogP contribution in [0.5, 0.6) is 0 Å². The Balaban J connectivity index is 0.00000512. The van der Waals surface area contributed by atoms with E-state index in [0.717, 1.165) is 62.7 Å². The second-order valence-electron chi connectivity index (χ2n) is 9.24. The number of piperidine rings is 1. The monoisotopic (exact) mass is 563 g/mol. The maximum atomic E-state index is 12.4. The minimum absolute atomic E-state index is 0. The summed E-state index contributed by atoms with van der Waals surface area (Å²) in [6.07, 6.45) is 3.94.